The lowest BCUT2D eigenvalue weighted by Crippen LogP contribution is -2.39. The van der Waals surface area contributed by atoms with Gasteiger partial charge in [0.25, 0.3) is 0 Å². The number of carbonyl (C=O) groups excluding carboxylic acids is 1. The normalized spacial score (nSPS) is 18.3. The first-order valence-electron chi connectivity index (χ1n) is 5.92. The number of hydrogen-bond donors (Lipinski definition) is 2. The Morgan fingerprint density at radius 1 is 1.68 bits per heavy atom. The predicted molar refractivity (Wildman–Crippen MR) is 72.4 cm³/mol. The van der Waals surface area contributed by atoms with E-state index in [1.54, 1.807) is 11.9 Å². The number of nitrogens with zero attached hydrogens (tertiary/aromatic N) is 3. The van der Waals surface area contributed by atoms with Gasteiger partial charge in [0.05, 0.1) is 11.9 Å². The van der Waals surface area contributed by atoms with Crippen LogP contribution in [0.15, 0.2) is 12.4 Å². The zero-order chi connectivity index (χ0) is 13.8. The van der Waals surface area contributed by atoms with Gasteiger partial charge in [-0.2, -0.15) is 16.9 Å². The maximum Gasteiger partial charge on any atom is 0.325 e. The minimum atomic E-state index is -0.971. The van der Waals surface area contributed by atoms with Gasteiger partial charge >= 0.3 is 12.0 Å². The first-order valence-corrected chi connectivity index (χ1v) is 7.07. The number of rotatable bonds is 4. The summed E-state index contributed by atoms with van der Waals surface area (Å²) in [6.45, 7) is -0.217. The zero-order valence-electron chi connectivity index (χ0n) is 10.6. The van der Waals surface area contributed by atoms with E-state index in [4.69, 9.17) is 5.11 Å². The van der Waals surface area contributed by atoms with Crippen LogP contribution in [-0.4, -0.2) is 56.4 Å². The van der Waals surface area contributed by atoms with Crippen molar-refractivity contribution in [2.24, 2.45) is 0 Å². The van der Waals surface area contributed by atoms with Crippen LogP contribution in [-0.2, 0) is 11.3 Å². The SMILES string of the molecule is CN(C(=O)Nc1cnn(CC(=O)O)c1)C1CCSC1. The Kier molecular flexibility index (Phi) is 4.31. The van der Waals surface area contributed by atoms with E-state index < -0.39 is 5.97 Å². The van der Waals surface area contributed by atoms with Crippen LogP contribution in [0.25, 0.3) is 0 Å². The second-order valence-corrected chi connectivity index (χ2v) is 5.53. The summed E-state index contributed by atoms with van der Waals surface area (Å²) < 4.78 is 1.27. The average molecular weight is 284 g/mol. The highest BCUT2D eigenvalue weighted by Gasteiger charge is 2.23. The number of carboxylic acids is 1. The summed E-state index contributed by atoms with van der Waals surface area (Å²) in [4.78, 5) is 24.2. The van der Waals surface area contributed by atoms with Gasteiger partial charge in [0.15, 0.2) is 0 Å². The summed E-state index contributed by atoms with van der Waals surface area (Å²) in [5, 5.41) is 15.2. The molecule has 0 bridgehead atoms. The van der Waals surface area contributed by atoms with Crippen LogP contribution < -0.4 is 5.32 Å². The third kappa shape index (κ3) is 3.63. The molecule has 0 saturated carbocycles. The third-order valence-corrected chi connectivity index (χ3v) is 4.10. The standard InChI is InChI=1S/C11H16N4O3S/c1-14(9-2-3-19-7-9)11(18)13-8-4-12-15(5-8)6-10(16)17/h4-5,9H,2-3,6-7H2,1H3,(H,13,18)(H,16,17). The Hall–Kier alpha value is -1.70. The fraction of sp³-hybridized carbons (Fsp3) is 0.545. The van der Waals surface area contributed by atoms with Crippen molar-refractivity contribution in [1.29, 1.82) is 0 Å². The Morgan fingerprint density at radius 2 is 2.47 bits per heavy atom. The molecule has 7 nitrogen and oxygen atoms in total. The number of carbonyl (C=O) groups is 2. The average Bonchev–Trinajstić information content (AvgIpc) is 2.98. The number of nitrogens with one attached hydrogen (secondary N) is 1. The molecule has 2 heterocycles. The first-order chi connectivity index (χ1) is 9.06. The molecule has 1 aliphatic heterocycles. The number of hydrogen-bond acceptors (Lipinski definition) is 4. The van der Waals surface area contributed by atoms with Crippen LogP contribution in [0.4, 0.5) is 10.5 Å². The van der Waals surface area contributed by atoms with Gasteiger partial charge in [-0.1, -0.05) is 0 Å². The predicted octanol–water partition coefficient (Wildman–Crippen LogP) is 0.937. The molecule has 0 aromatic carbocycles. The molecular weight excluding hydrogens is 268 g/mol. The van der Waals surface area contributed by atoms with Gasteiger partial charge in [-0.25, -0.2) is 4.79 Å². The number of amides is 2. The lowest BCUT2D eigenvalue weighted by Gasteiger charge is -2.23. The van der Waals surface area contributed by atoms with Crippen LogP contribution in [0, 0.1) is 0 Å². The maximum atomic E-state index is 12.0. The highest BCUT2D eigenvalue weighted by molar-refractivity contribution is 7.99. The molecule has 1 aromatic heterocycles. The summed E-state index contributed by atoms with van der Waals surface area (Å²) in [7, 11) is 1.77. The molecule has 0 radical (unpaired) electrons. The molecule has 1 unspecified atom stereocenters. The number of carboxylic acid groups (broad SMARTS) is 1. The van der Waals surface area contributed by atoms with Crippen molar-refractivity contribution in [2.75, 3.05) is 23.9 Å². The maximum absolute atomic E-state index is 12.0. The molecule has 0 aliphatic carbocycles. The molecule has 1 atom stereocenters. The fourth-order valence-corrected chi connectivity index (χ4v) is 3.13. The van der Waals surface area contributed by atoms with Gasteiger partial charge in [0.1, 0.15) is 6.54 Å². The van der Waals surface area contributed by atoms with E-state index in [2.05, 4.69) is 10.4 Å². The molecule has 2 N–H and O–H groups in total. The minimum Gasteiger partial charge on any atom is -0.480 e. The second kappa shape index (κ2) is 5.96. The van der Waals surface area contributed by atoms with Gasteiger partial charge in [0.2, 0.25) is 0 Å². The van der Waals surface area contributed by atoms with Crippen molar-refractivity contribution in [1.82, 2.24) is 14.7 Å². The highest BCUT2D eigenvalue weighted by Crippen LogP contribution is 2.21. The van der Waals surface area contributed by atoms with Crippen molar-refractivity contribution in [2.45, 2.75) is 19.0 Å². The van der Waals surface area contributed by atoms with E-state index in [0.29, 0.717) is 5.69 Å². The topological polar surface area (TPSA) is 87.5 Å². The van der Waals surface area contributed by atoms with Crippen molar-refractivity contribution in [3.8, 4) is 0 Å². The van der Waals surface area contributed by atoms with Crippen LogP contribution in [0.2, 0.25) is 0 Å². The van der Waals surface area contributed by atoms with Crippen molar-refractivity contribution >= 4 is 29.4 Å². The first kappa shape index (κ1) is 13.7. The largest absolute Gasteiger partial charge is 0.480 e. The molecule has 0 spiro atoms. The quantitative estimate of drug-likeness (QED) is 0.859. The number of urea groups is 1. The van der Waals surface area contributed by atoms with E-state index in [1.165, 1.54) is 17.1 Å². The van der Waals surface area contributed by atoms with Crippen LogP contribution >= 0.6 is 11.8 Å². The van der Waals surface area contributed by atoms with E-state index in [0.717, 1.165) is 17.9 Å². The molecule has 19 heavy (non-hydrogen) atoms. The second-order valence-electron chi connectivity index (χ2n) is 4.38. The number of anilines is 1. The van der Waals surface area contributed by atoms with Crippen molar-refractivity contribution < 1.29 is 14.7 Å². The summed E-state index contributed by atoms with van der Waals surface area (Å²) in [5.41, 5.74) is 0.503. The van der Waals surface area contributed by atoms with Gasteiger partial charge in [-0.05, 0) is 12.2 Å². The molecule has 1 aliphatic rings. The lowest BCUT2D eigenvalue weighted by atomic mass is 10.2. The lowest BCUT2D eigenvalue weighted by molar-refractivity contribution is -0.137. The number of aliphatic carboxylic acids is 1. The van der Waals surface area contributed by atoms with E-state index in [1.807, 2.05) is 11.8 Å². The third-order valence-electron chi connectivity index (χ3n) is 2.96. The molecular formula is C11H16N4O3S. The molecule has 1 fully saturated rings. The summed E-state index contributed by atoms with van der Waals surface area (Å²) in [6, 6.07) is 0.0708. The minimum absolute atomic E-state index is 0.192. The fourth-order valence-electron chi connectivity index (χ4n) is 1.86. The Morgan fingerprint density at radius 3 is 3.11 bits per heavy atom. The van der Waals surface area contributed by atoms with Crippen LogP contribution in [0.1, 0.15) is 6.42 Å². The number of thioether (sulfide) groups is 1. The van der Waals surface area contributed by atoms with Gasteiger partial charge < -0.3 is 15.3 Å². The summed E-state index contributed by atoms with van der Waals surface area (Å²) in [6.07, 6.45) is 3.95. The summed E-state index contributed by atoms with van der Waals surface area (Å²) in [5.74, 6) is 1.07. The van der Waals surface area contributed by atoms with Gasteiger partial charge in [-0.15, -0.1) is 0 Å². The number of aromatic nitrogens is 2. The molecule has 2 amide bonds. The van der Waals surface area contributed by atoms with Crippen LogP contribution in [0.5, 0.6) is 0 Å². The highest BCUT2D eigenvalue weighted by atomic mass is 32.2. The Labute approximate surface area is 115 Å². The molecule has 104 valence electrons. The van der Waals surface area contributed by atoms with Gasteiger partial charge in [-0.3, -0.25) is 9.48 Å². The van der Waals surface area contributed by atoms with Crippen molar-refractivity contribution in [3.63, 3.8) is 0 Å². The molecule has 2 rings (SSSR count). The van der Waals surface area contributed by atoms with Crippen molar-refractivity contribution in [3.05, 3.63) is 12.4 Å². The molecule has 1 saturated heterocycles. The molecule has 1 aromatic rings. The van der Waals surface area contributed by atoms with E-state index >= 15 is 0 Å². The Bertz CT molecular complexity index is 470. The molecule has 8 heteroatoms. The van der Waals surface area contributed by atoms with E-state index in [-0.39, 0.29) is 18.6 Å². The zero-order valence-corrected chi connectivity index (χ0v) is 11.4. The monoisotopic (exact) mass is 284 g/mol. The Balaban J connectivity index is 1.90. The summed E-state index contributed by atoms with van der Waals surface area (Å²) >= 11 is 1.84. The van der Waals surface area contributed by atoms with Crippen LogP contribution in [0.3, 0.4) is 0 Å². The smallest absolute Gasteiger partial charge is 0.325 e. The van der Waals surface area contributed by atoms with Gasteiger partial charge in [0, 0.05) is 25.0 Å². The van der Waals surface area contributed by atoms with E-state index in [9.17, 15) is 9.59 Å².